The number of aromatic nitrogens is 3. The van der Waals surface area contributed by atoms with E-state index in [1.165, 1.54) is 10.5 Å². The summed E-state index contributed by atoms with van der Waals surface area (Å²) in [4.78, 5) is 22.7. The predicted molar refractivity (Wildman–Crippen MR) is 159 cm³/mol. The maximum Gasteiger partial charge on any atom is 0.407 e. The highest BCUT2D eigenvalue weighted by Gasteiger charge is 2.50. The minimum absolute atomic E-state index is 0.282. The Bertz CT molecular complexity index is 1610. The van der Waals surface area contributed by atoms with Crippen LogP contribution in [0.4, 0.5) is 10.6 Å². The largest absolute Gasteiger partial charge is 0.485 e. The Morgan fingerprint density at radius 3 is 2.50 bits per heavy atom. The number of piperazine rings is 1. The van der Waals surface area contributed by atoms with Crippen molar-refractivity contribution in [1.29, 1.82) is 5.26 Å². The average Bonchev–Trinajstić information content (AvgIpc) is 3.38. The van der Waals surface area contributed by atoms with Crippen LogP contribution in [0, 0.1) is 16.7 Å². The number of fused-ring (bicyclic) bond motifs is 1. The van der Waals surface area contributed by atoms with E-state index >= 15 is 0 Å². The lowest BCUT2D eigenvalue weighted by Crippen LogP contribution is -2.68. The summed E-state index contributed by atoms with van der Waals surface area (Å²) in [5.74, 6) is 1.49. The summed E-state index contributed by atoms with van der Waals surface area (Å²) in [6.45, 7) is 11.0. The number of anilines is 1. The van der Waals surface area contributed by atoms with Gasteiger partial charge in [-0.3, -0.25) is 9.80 Å². The smallest absolute Gasteiger partial charge is 0.407 e. The summed E-state index contributed by atoms with van der Waals surface area (Å²) in [5.41, 5.74) is 3.82. The van der Waals surface area contributed by atoms with Crippen LogP contribution >= 0.6 is 0 Å². The van der Waals surface area contributed by atoms with Gasteiger partial charge >= 0.3 is 6.09 Å². The van der Waals surface area contributed by atoms with Gasteiger partial charge in [-0.2, -0.15) is 10.4 Å². The number of nitriles is 1. The third-order valence-corrected chi connectivity index (χ3v) is 8.20. The molecule has 2 aliphatic heterocycles. The van der Waals surface area contributed by atoms with Crippen LogP contribution < -0.4 is 9.64 Å². The van der Waals surface area contributed by atoms with Gasteiger partial charge < -0.3 is 14.7 Å². The van der Waals surface area contributed by atoms with E-state index in [4.69, 9.17) is 9.72 Å². The van der Waals surface area contributed by atoms with Crippen LogP contribution in [0.25, 0.3) is 16.6 Å². The Labute approximate surface area is 245 Å². The molecule has 0 bridgehead atoms. The second-order valence-electron chi connectivity index (χ2n) is 12.1. The number of pyridine rings is 2. The molecule has 1 N–H and O–H groups in total. The second-order valence-corrected chi connectivity index (χ2v) is 12.1. The molecule has 1 amide bonds. The molecule has 4 aromatic rings. The minimum atomic E-state index is -0.944. The lowest BCUT2D eigenvalue weighted by molar-refractivity contribution is -0.0776. The Balaban J connectivity index is 1.21. The fourth-order valence-corrected chi connectivity index (χ4v) is 6.14. The number of carboxylic acid groups (broad SMARTS) is 1. The normalized spacial score (nSPS) is 19.4. The third-order valence-electron chi connectivity index (χ3n) is 8.20. The van der Waals surface area contributed by atoms with E-state index in [1.807, 2.05) is 51.2 Å². The summed E-state index contributed by atoms with van der Waals surface area (Å²) in [7, 11) is 0. The number of hydrogen-bond acceptors (Lipinski definition) is 7. The van der Waals surface area contributed by atoms with E-state index in [9.17, 15) is 15.2 Å². The summed E-state index contributed by atoms with van der Waals surface area (Å²) in [6, 6.07) is 18.5. The van der Waals surface area contributed by atoms with Crippen LogP contribution in [0.2, 0.25) is 0 Å². The van der Waals surface area contributed by atoms with Gasteiger partial charge in [0, 0.05) is 50.0 Å². The fraction of sp³-hybridized carbons (Fsp3) is 0.375. The number of ether oxygens (including phenoxy) is 1. The summed E-state index contributed by atoms with van der Waals surface area (Å²) in [5, 5.41) is 23.8. The van der Waals surface area contributed by atoms with E-state index in [2.05, 4.69) is 45.2 Å². The highest BCUT2D eigenvalue weighted by atomic mass is 16.5. The molecule has 1 aromatic carbocycles. The molecule has 2 atom stereocenters. The van der Waals surface area contributed by atoms with Crippen LogP contribution in [-0.4, -0.2) is 80.5 Å². The van der Waals surface area contributed by atoms with Crippen LogP contribution in [0.15, 0.2) is 67.1 Å². The number of likely N-dealkylation sites (tertiary alicyclic amines) is 1. The Morgan fingerprint density at radius 2 is 1.86 bits per heavy atom. The molecule has 0 spiro atoms. The maximum absolute atomic E-state index is 11.7. The summed E-state index contributed by atoms with van der Waals surface area (Å²) >= 11 is 0. The Kier molecular flexibility index (Phi) is 7.21. The molecule has 2 aliphatic rings. The fourth-order valence-electron chi connectivity index (χ4n) is 6.14. The highest BCUT2D eigenvalue weighted by molar-refractivity contribution is 5.85. The first kappa shape index (κ1) is 27.5. The van der Waals surface area contributed by atoms with E-state index < -0.39 is 6.09 Å². The van der Waals surface area contributed by atoms with Gasteiger partial charge in [0.2, 0.25) is 0 Å². The quantitative estimate of drug-likeness (QED) is 0.357. The van der Waals surface area contributed by atoms with Gasteiger partial charge in [0.05, 0.1) is 36.1 Å². The molecule has 2 unspecified atom stereocenters. The first-order chi connectivity index (χ1) is 20.2. The van der Waals surface area contributed by atoms with Gasteiger partial charge in [0.15, 0.2) is 0 Å². The van der Waals surface area contributed by atoms with Crippen LogP contribution in [0.1, 0.15) is 31.9 Å². The second kappa shape index (κ2) is 11.0. The average molecular weight is 566 g/mol. The molecular weight excluding hydrogens is 530 g/mol. The number of rotatable bonds is 6. The summed E-state index contributed by atoms with van der Waals surface area (Å²) in [6.07, 6.45) is 3.90. The number of carbonyl (C=O) groups is 1. The zero-order valence-electron chi connectivity index (χ0n) is 24.1. The van der Waals surface area contributed by atoms with Crippen molar-refractivity contribution < 1.29 is 14.6 Å². The molecule has 216 valence electrons. The molecule has 10 heteroatoms. The topological polar surface area (TPSA) is 110 Å². The van der Waals surface area contributed by atoms with Crippen molar-refractivity contribution in [2.45, 2.75) is 39.5 Å². The highest BCUT2D eigenvalue weighted by Crippen LogP contribution is 2.38. The van der Waals surface area contributed by atoms with Crippen LogP contribution in [-0.2, 0) is 6.54 Å². The van der Waals surface area contributed by atoms with Crippen molar-refractivity contribution in [2.75, 3.05) is 37.6 Å². The van der Waals surface area contributed by atoms with Crippen molar-refractivity contribution in [2.24, 2.45) is 5.41 Å². The van der Waals surface area contributed by atoms with E-state index in [-0.39, 0.29) is 17.6 Å². The molecule has 0 radical (unpaired) electrons. The van der Waals surface area contributed by atoms with E-state index in [0.717, 1.165) is 49.7 Å². The van der Waals surface area contributed by atoms with E-state index in [1.54, 1.807) is 16.9 Å². The molecule has 2 saturated heterocycles. The van der Waals surface area contributed by atoms with Crippen molar-refractivity contribution >= 4 is 17.4 Å². The standard InChI is InChI=1S/C32H35N7O3/c1-32(2,3)30-27(21-38(30)31(40)41)42-25-15-26(29-24(16-33)18-35-39(29)20-25)23-9-10-28(34-17-23)37-13-11-36(12-14-37)19-22-7-5-4-6-8-22/h4-10,15,17-18,20,27,30H,11-14,19,21H2,1-3H3,(H,40,41). The number of nitrogens with zero attached hydrogens (tertiary/aromatic N) is 7. The van der Waals surface area contributed by atoms with Crippen molar-refractivity contribution in [3.05, 3.63) is 78.2 Å². The van der Waals surface area contributed by atoms with Crippen LogP contribution in [0.3, 0.4) is 0 Å². The molecule has 0 aliphatic carbocycles. The van der Waals surface area contributed by atoms with Gasteiger partial charge in [-0.25, -0.2) is 14.3 Å². The molecule has 42 heavy (non-hydrogen) atoms. The van der Waals surface area contributed by atoms with Crippen molar-refractivity contribution in [3.8, 4) is 22.9 Å². The monoisotopic (exact) mass is 565 g/mol. The lowest BCUT2D eigenvalue weighted by Gasteiger charge is -2.51. The predicted octanol–water partition coefficient (Wildman–Crippen LogP) is 4.75. The number of amides is 1. The van der Waals surface area contributed by atoms with Crippen LogP contribution in [0.5, 0.6) is 5.75 Å². The van der Waals surface area contributed by atoms with Gasteiger partial charge in [-0.05, 0) is 29.2 Å². The molecule has 3 aromatic heterocycles. The molecule has 0 saturated carbocycles. The molecule has 6 rings (SSSR count). The molecule has 5 heterocycles. The third kappa shape index (κ3) is 5.35. The minimum Gasteiger partial charge on any atom is -0.485 e. The molecular formula is C32H35N7O3. The number of hydrogen-bond donors (Lipinski definition) is 1. The van der Waals surface area contributed by atoms with Gasteiger partial charge in [-0.15, -0.1) is 0 Å². The summed E-state index contributed by atoms with van der Waals surface area (Å²) < 4.78 is 8.03. The SMILES string of the molecule is CC(C)(C)C1C(Oc2cc(-c3ccc(N4CCN(Cc5ccccc5)CC4)nc3)c3c(C#N)cnn3c2)CN1C(=O)O. The zero-order chi connectivity index (χ0) is 29.4. The Hall–Kier alpha value is -4.62. The van der Waals surface area contributed by atoms with Crippen molar-refractivity contribution in [1.82, 2.24) is 24.4 Å². The lowest BCUT2D eigenvalue weighted by atomic mass is 9.77. The Morgan fingerprint density at radius 1 is 1.10 bits per heavy atom. The van der Waals surface area contributed by atoms with Crippen molar-refractivity contribution in [3.63, 3.8) is 0 Å². The number of benzene rings is 1. The first-order valence-corrected chi connectivity index (χ1v) is 14.3. The van der Waals surface area contributed by atoms with Gasteiger partial charge in [-0.1, -0.05) is 51.1 Å². The van der Waals surface area contributed by atoms with Gasteiger partial charge in [0.1, 0.15) is 23.7 Å². The zero-order valence-corrected chi connectivity index (χ0v) is 24.1. The maximum atomic E-state index is 11.7. The van der Waals surface area contributed by atoms with Gasteiger partial charge in [0.25, 0.3) is 0 Å². The van der Waals surface area contributed by atoms with E-state index in [0.29, 0.717) is 23.4 Å². The molecule has 10 nitrogen and oxygen atoms in total. The molecule has 2 fully saturated rings. The first-order valence-electron chi connectivity index (χ1n) is 14.3.